The zero-order chi connectivity index (χ0) is 9.35. The first-order valence-electron chi connectivity index (χ1n) is 4.07. The molecule has 1 aliphatic heterocycles. The van der Waals surface area contributed by atoms with Crippen LogP contribution < -0.4 is 10.6 Å². The smallest absolute Gasteiger partial charge is 0.322 e. The van der Waals surface area contributed by atoms with Gasteiger partial charge in [0, 0.05) is 0 Å². The van der Waals surface area contributed by atoms with Crippen LogP contribution in [0.5, 0.6) is 0 Å². The molecule has 0 spiro atoms. The highest BCUT2D eigenvalue weighted by molar-refractivity contribution is 6.06. The molecule has 0 radical (unpaired) electrons. The molecule has 12 heavy (non-hydrogen) atoms. The van der Waals surface area contributed by atoms with Gasteiger partial charge in [-0.1, -0.05) is 13.8 Å². The van der Waals surface area contributed by atoms with Crippen molar-refractivity contribution in [2.24, 2.45) is 5.92 Å². The summed E-state index contributed by atoms with van der Waals surface area (Å²) in [6, 6.07) is -0.386. The molecule has 1 fully saturated rings. The van der Waals surface area contributed by atoms with Crippen LogP contribution in [0.2, 0.25) is 0 Å². The van der Waals surface area contributed by atoms with Crippen LogP contribution in [0, 0.1) is 5.92 Å². The topological polar surface area (TPSA) is 58.2 Å². The summed E-state index contributed by atoms with van der Waals surface area (Å²) in [5.74, 6) is 0.167. The number of nitrogens with one attached hydrogen (secondary N) is 2. The predicted molar refractivity (Wildman–Crippen MR) is 44.5 cm³/mol. The number of hydrogen-bond donors (Lipinski definition) is 2. The van der Waals surface area contributed by atoms with Crippen LogP contribution in [-0.4, -0.2) is 17.5 Å². The number of carbonyl (C=O) groups is 2. The second-order valence-electron chi connectivity index (χ2n) is 3.84. The summed E-state index contributed by atoms with van der Waals surface area (Å²) in [5.41, 5.74) is -0.703. The second-order valence-corrected chi connectivity index (χ2v) is 3.84. The third-order valence-corrected chi connectivity index (χ3v) is 1.93. The fourth-order valence-electron chi connectivity index (χ4n) is 1.54. The standard InChI is InChI=1S/C8H14N2O2/c1-5(2)4-8(3)6(11)9-7(12)10-8/h5H,4H2,1-3H3,(H2,9,10,11,12)/t8-/m1/s1. The molecule has 1 heterocycles. The second kappa shape index (κ2) is 2.77. The first-order chi connectivity index (χ1) is 5.44. The van der Waals surface area contributed by atoms with Gasteiger partial charge in [-0.25, -0.2) is 4.79 Å². The summed E-state index contributed by atoms with van der Waals surface area (Å²) in [5, 5.41) is 4.84. The Kier molecular flexibility index (Phi) is 2.08. The van der Waals surface area contributed by atoms with Gasteiger partial charge in [0.1, 0.15) is 5.54 Å². The molecule has 1 saturated heterocycles. The Morgan fingerprint density at radius 2 is 2.00 bits per heavy atom. The molecular formula is C8H14N2O2. The van der Waals surface area contributed by atoms with E-state index in [1.165, 1.54) is 0 Å². The zero-order valence-corrected chi connectivity index (χ0v) is 7.60. The van der Waals surface area contributed by atoms with Crippen molar-refractivity contribution in [3.05, 3.63) is 0 Å². The van der Waals surface area contributed by atoms with Gasteiger partial charge in [0.05, 0.1) is 0 Å². The lowest BCUT2D eigenvalue weighted by Gasteiger charge is -2.22. The van der Waals surface area contributed by atoms with Gasteiger partial charge in [-0.3, -0.25) is 10.1 Å². The van der Waals surface area contributed by atoms with Crippen molar-refractivity contribution < 1.29 is 9.59 Å². The molecule has 2 N–H and O–H groups in total. The van der Waals surface area contributed by atoms with Gasteiger partial charge in [-0.2, -0.15) is 0 Å². The van der Waals surface area contributed by atoms with E-state index >= 15 is 0 Å². The van der Waals surface area contributed by atoms with Crippen LogP contribution in [0.3, 0.4) is 0 Å². The predicted octanol–water partition coefficient (Wildman–Crippen LogP) is 0.631. The van der Waals surface area contributed by atoms with Gasteiger partial charge in [0.25, 0.3) is 5.91 Å². The van der Waals surface area contributed by atoms with Gasteiger partial charge in [-0.15, -0.1) is 0 Å². The molecule has 0 aromatic carbocycles. The minimum absolute atomic E-state index is 0.221. The minimum Gasteiger partial charge on any atom is -0.324 e. The zero-order valence-electron chi connectivity index (χ0n) is 7.60. The Morgan fingerprint density at radius 3 is 2.33 bits per heavy atom. The van der Waals surface area contributed by atoms with Gasteiger partial charge in [-0.05, 0) is 19.3 Å². The molecule has 0 aromatic rings. The summed E-state index contributed by atoms with van der Waals surface area (Å²) in [6.45, 7) is 5.78. The fourth-order valence-corrected chi connectivity index (χ4v) is 1.54. The summed E-state index contributed by atoms with van der Waals surface area (Å²) in [7, 11) is 0. The van der Waals surface area contributed by atoms with Gasteiger partial charge in [0.2, 0.25) is 0 Å². The average Bonchev–Trinajstić information content (AvgIpc) is 2.04. The molecule has 4 nitrogen and oxygen atoms in total. The quantitative estimate of drug-likeness (QED) is 0.597. The molecule has 0 aliphatic carbocycles. The first-order valence-corrected chi connectivity index (χ1v) is 4.07. The van der Waals surface area contributed by atoms with E-state index in [-0.39, 0.29) is 11.9 Å². The van der Waals surface area contributed by atoms with Crippen LogP contribution in [0.4, 0.5) is 4.79 Å². The average molecular weight is 170 g/mol. The maximum Gasteiger partial charge on any atom is 0.322 e. The molecule has 1 rings (SSSR count). The van der Waals surface area contributed by atoms with E-state index in [1.54, 1.807) is 6.92 Å². The fraction of sp³-hybridized carbons (Fsp3) is 0.750. The normalized spacial score (nSPS) is 29.0. The van der Waals surface area contributed by atoms with Gasteiger partial charge in [0.15, 0.2) is 0 Å². The highest BCUT2D eigenvalue weighted by Crippen LogP contribution is 2.19. The van der Waals surface area contributed by atoms with E-state index in [2.05, 4.69) is 10.6 Å². The van der Waals surface area contributed by atoms with Crippen LogP contribution >= 0.6 is 0 Å². The van der Waals surface area contributed by atoms with E-state index < -0.39 is 5.54 Å². The number of amides is 3. The summed E-state index contributed by atoms with van der Waals surface area (Å²) < 4.78 is 0. The Labute approximate surface area is 71.7 Å². The molecule has 1 aliphatic rings. The van der Waals surface area contributed by atoms with Crippen LogP contribution in [0.1, 0.15) is 27.2 Å². The van der Waals surface area contributed by atoms with Crippen molar-refractivity contribution in [2.75, 3.05) is 0 Å². The Balaban J connectivity index is 2.71. The van der Waals surface area contributed by atoms with Crippen molar-refractivity contribution in [1.82, 2.24) is 10.6 Å². The number of urea groups is 1. The van der Waals surface area contributed by atoms with Crippen LogP contribution in [0.15, 0.2) is 0 Å². The van der Waals surface area contributed by atoms with E-state index in [1.807, 2.05) is 13.8 Å². The molecule has 0 saturated carbocycles. The number of rotatable bonds is 2. The van der Waals surface area contributed by atoms with E-state index in [9.17, 15) is 9.59 Å². The molecule has 0 aromatic heterocycles. The monoisotopic (exact) mass is 170 g/mol. The highest BCUT2D eigenvalue weighted by atomic mass is 16.2. The van der Waals surface area contributed by atoms with Crippen molar-refractivity contribution in [2.45, 2.75) is 32.7 Å². The lowest BCUT2D eigenvalue weighted by Crippen LogP contribution is -2.44. The third-order valence-electron chi connectivity index (χ3n) is 1.93. The molecule has 1 atom stereocenters. The van der Waals surface area contributed by atoms with Gasteiger partial charge >= 0.3 is 6.03 Å². The number of imide groups is 1. The summed E-state index contributed by atoms with van der Waals surface area (Å²) in [4.78, 5) is 22.1. The molecule has 0 unspecified atom stereocenters. The largest absolute Gasteiger partial charge is 0.324 e. The van der Waals surface area contributed by atoms with Crippen LogP contribution in [-0.2, 0) is 4.79 Å². The van der Waals surface area contributed by atoms with Crippen molar-refractivity contribution >= 4 is 11.9 Å². The van der Waals surface area contributed by atoms with Gasteiger partial charge < -0.3 is 5.32 Å². The van der Waals surface area contributed by atoms with E-state index in [0.717, 1.165) is 0 Å². The maximum atomic E-state index is 11.2. The Hall–Kier alpha value is -1.06. The van der Waals surface area contributed by atoms with Crippen molar-refractivity contribution in [3.63, 3.8) is 0 Å². The Bertz CT molecular complexity index is 225. The first kappa shape index (κ1) is 9.03. The molecule has 3 amide bonds. The number of hydrogen-bond acceptors (Lipinski definition) is 2. The highest BCUT2D eigenvalue weighted by Gasteiger charge is 2.41. The number of carbonyl (C=O) groups excluding carboxylic acids is 2. The summed E-state index contributed by atoms with van der Waals surface area (Å²) in [6.07, 6.45) is 0.671. The summed E-state index contributed by atoms with van der Waals surface area (Å²) >= 11 is 0. The molecule has 4 heteroatoms. The molecule has 0 bridgehead atoms. The van der Waals surface area contributed by atoms with Crippen molar-refractivity contribution in [3.8, 4) is 0 Å². The SMILES string of the molecule is CC(C)C[C@@]1(C)NC(=O)NC1=O. The lowest BCUT2D eigenvalue weighted by molar-refractivity contribution is -0.123. The Morgan fingerprint density at radius 1 is 1.42 bits per heavy atom. The lowest BCUT2D eigenvalue weighted by atomic mass is 9.91. The molecule has 68 valence electrons. The van der Waals surface area contributed by atoms with Crippen molar-refractivity contribution in [1.29, 1.82) is 0 Å². The van der Waals surface area contributed by atoms with E-state index in [4.69, 9.17) is 0 Å². The minimum atomic E-state index is -0.703. The molecular weight excluding hydrogens is 156 g/mol. The van der Waals surface area contributed by atoms with E-state index in [0.29, 0.717) is 12.3 Å². The van der Waals surface area contributed by atoms with Crippen LogP contribution in [0.25, 0.3) is 0 Å². The third kappa shape index (κ3) is 1.57. The maximum absolute atomic E-state index is 11.2.